The first-order valence-corrected chi connectivity index (χ1v) is 4.18. The highest BCUT2D eigenvalue weighted by molar-refractivity contribution is 7.10. The molecule has 0 amide bonds. The molecular weight excluding hydrogens is 174 g/mol. The summed E-state index contributed by atoms with van der Waals surface area (Å²) in [6.07, 6.45) is 0. The number of nitrogens with zero attached hydrogens (tertiary/aromatic N) is 1. The Balaban J connectivity index is 2.86. The van der Waals surface area contributed by atoms with Crippen LogP contribution >= 0.6 is 11.3 Å². The second kappa shape index (κ2) is 3.88. The van der Waals surface area contributed by atoms with E-state index < -0.39 is 11.9 Å². The van der Waals surface area contributed by atoms with Crippen LogP contribution < -0.4 is 0 Å². The number of hydrogen-bond acceptors (Lipinski definition) is 4. The number of methoxy groups -OCH3 is 1. The SMILES string of the molecule is COC(=O)C(C#N)c1cccs1. The first-order valence-electron chi connectivity index (χ1n) is 3.30. The van der Waals surface area contributed by atoms with E-state index in [9.17, 15) is 4.79 Å². The van der Waals surface area contributed by atoms with Crippen LogP contribution in [0.3, 0.4) is 0 Å². The molecule has 62 valence electrons. The van der Waals surface area contributed by atoms with Crippen molar-refractivity contribution < 1.29 is 9.53 Å². The summed E-state index contributed by atoms with van der Waals surface area (Å²) in [6, 6.07) is 5.44. The molecule has 0 aliphatic rings. The maximum atomic E-state index is 11.0. The zero-order valence-electron chi connectivity index (χ0n) is 6.48. The minimum atomic E-state index is -0.769. The molecule has 0 aliphatic carbocycles. The largest absolute Gasteiger partial charge is 0.468 e. The number of rotatable bonds is 2. The summed E-state index contributed by atoms with van der Waals surface area (Å²) in [6.45, 7) is 0. The lowest BCUT2D eigenvalue weighted by atomic mass is 10.1. The van der Waals surface area contributed by atoms with Crippen LogP contribution in [0.25, 0.3) is 0 Å². The van der Waals surface area contributed by atoms with Crippen LogP contribution in [0.15, 0.2) is 17.5 Å². The third-order valence-corrected chi connectivity index (χ3v) is 2.33. The van der Waals surface area contributed by atoms with E-state index in [1.807, 2.05) is 11.4 Å². The van der Waals surface area contributed by atoms with Crippen molar-refractivity contribution in [2.24, 2.45) is 0 Å². The van der Waals surface area contributed by atoms with E-state index in [4.69, 9.17) is 5.26 Å². The number of esters is 1. The molecule has 1 aromatic heterocycles. The molecule has 1 rings (SSSR count). The van der Waals surface area contributed by atoms with Crippen molar-refractivity contribution in [3.8, 4) is 6.07 Å². The van der Waals surface area contributed by atoms with E-state index in [1.54, 1.807) is 12.1 Å². The second-order valence-corrected chi connectivity index (χ2v) is 3.08. The van der Waals surface area contributed by atoms with Crippen LogP contribution in [0.1, 0.15) is 10.8 Å². The molecule has 0 saturated carbocycles. The topological polar surface area (TPSA) is 50.1 Å². The zero-order chi connectivity index (χ0) is 8.97. The smallest absolute Gasteiger partial charge is 0.328 e. The Kier molecular flexibility index (Phi) is 2.83. The minimum Gasteiger partial charge on any atom is -0.468 e. The van der Waals surface area contributed by atoms with Crippen molar-refractivity contribution >= 4 is 17.3 Å². The summed E-state index contributed by atoms with van der Waals surface area (Å²) in [5, 5.41) is 10.5. The van der Waals surface area contributed by atoms with Gasteiger partial charge in [-0.2, -0.15) is 5.26 Å². The first-order chi connectivity index (χ1) is 5.79. The van der Waals surface area contributed by atoms with E-state index in [-0.39, 0.29) is 0 Å². The molecule has 1 unspecified atom stereocenters. The Morgan fingerprint density at radius 1 is 1.83 bits per heavy atom. The Morgan fingerprint density at radius 2 is 2.58 bits per heavy atom. The number of hydrogen-bond donors (Lipinski definition) is 0. The number of thiophene rings is 1. The number of nitriles is 1. The fourth-order valence-electron chi connectivity index (χ4n) is 0.806. The van der Waals surface area contributed by atoms with Crippen molar-refractivity contribution in [3.63, 3.8) is 0 Å². The first kappa shape index (κ1) is 8.75. The van der Waals surface area contributed by atoms with Crippen molar-refractivity contribution in [2.75, 3.05) is 7.11 Å². The third kappa shape index (κ3) is 1.63. The van der Waals surface area contributed by atoms with Gasteiger partial charge in [0.25, 0.3) is 0 Å². The quantitative estimate of drug-likeness (QED) is 0.650. The average Bonchev–Trinajstić information content (AvgIpc) is 2.58. The van der Waals surface area contributed by atoms with Crippen molar-refractivity contribution in [2.45, 2.75) is 5.92 Å². The summed E-state index contributed by atoms with van der Waals surface area (Å²) in [5.41, 5.74) is 0. The Labute approximate surface area is 74.2 Å². The van der Waals surface area contributed by atoms with Gasteiger partial charge in [0.2, 0.25) is 0 Å². The zero-order valence-corrected chi connectivity index (χ0v) is 7.30. The molecule has 1 atom stereocenters. The number of carbonyl (C=O) groups is 1. The lowest BCUT2D eigenvalue weighted by Crippen LogP contribution is -2.10. The molecule has 0 aliphatic heterocycles. The van der Waals surface area contributed by atoms with Gasteiger partial charge >= 0.3 is 5.97 Å². The predicted octanol–water partition coefficient (Wildman–Crippen LogP) is 1.53. The van der Waals surface area contributed by atoms with Crippen LogP contribution in [0.2, 0.25) is 0 Å². The molecule has 0 bridgehead atoms. The molecule has 0 radical (unpaired) electrons. The molecule has 0 spiro atoms. The van der Waals surface area contributed by atoms with Crippen LogP contribution in [0.5, 0.6) is 0 Å². The van der Waals surface area contributed by atoms with E-state index in [1.165, 1.54) is 18.4 Å². The van der Waals surface area contributed by atoms with Gasteiger partial charge in [-0.15, -0.1) is 11.3 Å². The molecular formula is C8H7NO2S. The Bertz CT molecular complexity index is 299. The highest BCUT2D eigenvalue weighted by atomic mass is 32.1. The number of ether oxygens (including phenoxy) is 1. The fraction of sp³-hybridized carbons (Fsp3) is 0.250. The van der Waals surface area contributed by atoms with Gasteiger partial charge in [-0.05, 0) is 11.4 Å². The third-order valence-electron chi connectivity index (χ3n) is 1.39. The van der Waals surface area contributed by atoms with Crippen molar-refractivity contribution in [1.29, 1.82) is 5.26 Å². The van der Waals surface area contributed by atoms with Gasteiger partial charge in [0.05, 0.1) is 13.2 Å². The summed E-state index contributed by atoms with van der Waals surface area (Å²) in [4.78, 5) is 11.7. The van der Waals surface area contributed by atoms with Crippen molar-refractivity contribution in [3.05, 3.63) is 22.4 Å². The monoisotopic (exact) mass is 181 g/mol. The summed E-state index contributed by atoms with van der Waals surface area (Å²) < 4.78 is 4.47. The Hall–Kier alpha value is -1.34. The van der Waals surface area contributed by atoms with E-state index >= 15 is 0 Å². The maximum Gasteiger partial charge on any atom is 0.328 e. The molecule has 12 heavy (non-hydrogen) atoms. The molecule has 3 nitrogen and oxygen atoms in total. The van der Waals surface area contributed by atoms with Gasteiger partial charge in [-0.3, -0.25) is 4.79 Å². The molecule has 0 N–H and O–H groups in total. The average molecular weight is 181 g/mol. The van der Waals surface area contributed by atoms with Crippen LogP contribution in [-0.4, -0.2) is 13.1 Å². The van der Waals surface area contributed by atoms with Gasteiger partial charge < -0.3 is 4.74 Å². The van der Waals surface area contributed by atoms with E-state index in [0.717, 1.165) is 4.88 Å². The van der Waals surface area contributed by atoms with Crippen LogP contribution in [-0.2, 0) is 9.53 Å². The van der Waals surface area contributed by atoms with E-state index in [0.29, 0.717) is 0 Å². The summed E-state index contributed by atoms with van der Waals surface area (Å²) in [7, 11) is 1.28. The molecule has 4 heteroatoms. The molecule has 0 saturated heterocycles. The van der Waals surface area contributed by atoms with Crippen LogP contribution in [0, 0.1) is 11.3 Å². The van der Waals surface area contributed by atoms with Gasteiger partial charge in [0.1, 0.15) is 0 Å². The highest BCUT2D eigenvalue weighted by Crippen LogP contribution is 2.21. The molecule has 1 aromatic rings. The van der Waals surface area contributed by atoms with Gasteiger partial charge in [-0.1, -0.05) is 6.07 Å². The lowest BCUT2D eigenvalue weighted by molar-refractivity contribution is -0.140. The number of carbonyl (C=O) groups excluding carboxylic acids is 1. The highest BCUT2D eigenvalue weighted by Gasteiger charge is 2.21. The van der Waals surface area contributed by atoms with Gasteiger partial charge in [-0.25, -0.2) is 0 Å². The lowest BCUT2D eigenvalue weighted by Gasteiger charge is -2.02. The summed E-state index contributed by atoms with van der Waals surface area (Å²) >= 11 is 1.38. The van der Waals surface area contributed by atoms with Crippen molar-refractivity contribution in [1.82, 2.24) is 0 Å². The second-order valence-electron chi connectivity index (χ2n) is 2.10. The standard InChI is InChI=1S/C8H7NO2S/c1-11-8(10)6(5-9)7-3-2-4-12-7/h2-4,6H,1H3. The maximum absolute atomic E-state index is 11.0. The predicted molar refractivity (Wildman–Crippen MR) is 44.7 cm³/mol. The van der Waals surface area contributed by atoms with Crippen LogP contribution in [0.4, 0.5) is 0 Å². The molecule has 0 aromatic carbocycles. The van der Waals surface area contributed by atoms with Gasteiger partial charge in [0.15, 0.2) is 5.92 Å². The Morgan fingerprint density at radius 3 is 3.00 bits per heavy atom. The minimum absolute atomic E-state index is 0.500. The fourth-order valence-corrected chi connectivity index (χ4v) is 1.56. The van der Waals surface area contributed by atoms with E-state index in [2.05, 4.69) is 4.74 Å². The summed E-state index contributed by atoms with van der Waals surface area (Å²) in [5.74, 6) is -1.27. The normalized spacial score (nSPS) is 11.7. The molecule has 1 heterocycles. The molecule has 0 fully saturated rings. The van der Waals surface area contributed by atoms with Gasteiger partial charge in [0, 0.05) is 4.88 Å².